The number of carboxylic acids is 1. The third-order valence-corrected chi connectivity index (χ3v) is 4.34. The van der Waals surface area contributed by atoms with E-state index in [1.165, 1.54) is 0 Å². The van der Waals surface area contributed by atoms with Gasteiger partial charge in [-0.25, -0.2) is 0 Å². The topological polar surface area (TPSA) is 66.4 Å². The molecule has 108 valence electrons. The van der Waals surface area contributed by atoms with Gasteiger partial charge in [-0.1, -0.05) is 35.7 Å². The van der Waals surface area contributed by atoms with E-state index in [1.807, 2.05) is 0 Å². The minimum atomic E-state index is -0.886. The van der Waals surface area contributed by atoms with Crippen LogP contribution in [0.4, 0.5) is 0 Å². The van der Waals surface area contributed by atoms with E-state index in [1.54, 1.807) is 18.2 Å². The van der Waals surface area contributed by atoms with Gasteiger partial charge in [-0.2, -0.15) is 0 Å². The number of hydrogen-bond donors (Lipinski definition) is 2. The van der Waals surface area contributed by atoms with Crippen LogP contribution >= 0.6 is 23.2 Å². The number of hydrogen-bond acceptors (Lipinski definition) is 2. The van der Waals surface area contributed by atoms with Gasteiger partial charge in [0.05, 0.1) is 5.41 Å². The van der Waals surface area contributed by atoms with Crippen molar-refractivity contribution < 1.29 is 14.7 Å². The van der Waals surface area contributed by atoms with Crippen LogP contribution in [0.5, 0.6) is 0 Å². The number of carbonyl (C=O) groups is 2. The van der Waals surface area contributed by atoms with E-state index in [4.69, 9.17) is 23.2 Å². The Morgan fingerprint density at radius 1 is 1.30 bits per heavy atom. The number of aliphatic carboxylic acids is 1. The zero-order valence-corrected chi connectivity index (χ0v) is 12.3. The molecule has 20 heavy (non-hydrogen) atoms. The third-order valence-electron chi connectivity index (χ3n) is 3.75. The minimum Gasteiger partial charge on any atom is -0.481 e. The molecule has 0 radical (unpaired) electrons. The highest BCUT2D eigenvalue weighted by Crippen LogP contribution is 2.44. The summed E-state index contributed by atoms with van der Waals surface area (Å²) < 4.78 is 0. The molecular weight excluding hydrogens is 301 g/mol. The monoisotopic (exact) mass is 315 g/mol. The van der Waals surface area contributed by atoms with Crippen LogP contribution in [-0.4, -0.2) is 17.0 Å². The van der Waals surface area contributed by atoms with Crippen molar-refractivity contribution in [3.8, 4) is 0 Å². The van der Waals surface area contributed by atoms with Gasteiger partial charge in [0.2, 0.25) is 5.91 Å². The van der Waals surface area contributed by atoms with Crippen molar-refractivity contribution in [1.82, 2.24) is 5.32 Å². The van der Waals surface area contributed by atoms with Crippen LogP contribution in [0.25, 0.3) is 0 Å². The predicted octanol–water partition coefficient (Wildman–Crippen LogP) is 3.25. The molecule has 0 saturated heterocycles. The van der Waals surface area contributed by atoms with Crippen molar-refractivity contribution in [1.29, 1.82) is 0 Å². The van der Waals surface area contributed by atoms with Crippen molar-refractivity contribution in [3.05, 3.63) is 33.8 Å². The van der Waals surface area contributed by atoms with Crippen molar-refractivity contribution in [3.63, 3.8) is 0 Å². The first-order valence-electron chi connectivity index (χ1n) is 6.37. The summed E-state index contributed by atoms with van der Waals surface area (Å²) in [7, 11) is 0. The van der Waals surface area contributed by atoms with Gasteiger partial charge in [0.25, 0.3) is 0 Å². The fourth-order valence-corrected chi connectivity index (χ4v) is 2.77. The van der Waals surface area contributed by atoms with E-state index in [0.717, 1.165) is 12.0 Å². The molecule has 0 atom stereocenters. The van der Waals surface area contributed by atoms with Gasteiger partial charge in [-0.3, -0.25) is 9.59 Å². The summed E-state index contributed by atoms with van der Waals surface area (Å²) >= 11 is 11.8. The Balaban J connectivity index is 1.91. The van der Waals surface area contributed by atoms with Gasteiger partial charge < -0.3 is 10.4 Å². The normalized spacial score (nSPS) is 16.3. The fourth-order valence-electron chi connectivity index (χ4n) is 2.30. The Hall–Kier alpha value is -1.26. The van der Waals surface area contributed by atoms with E-state index in [0.29, 0.717) is 22.9 Å². The molecule has 4 nitrogen and oxygen atoms in total. The van der Waals surface area contributed by atoms with Gasteiger partial charge in [-0.05, 0) is 30.5 Å². The smallest absolute Gasteiger partial charge is 0.310 e. The molecule has 2 N–H and O–H groups in total. The maximum Gasteiger partial charge on any atom is 0.310 e. The van der Waals surface area contributed by atoms with Gasteiger partial charge in [0.1, 0.15) is 0 Å². The maximum atomic E-state index is 11.9. The first-order chi connectivity index (χ1) is 9.43. The lowest BCUT2D eigenvalue weighted by Gasteiger charge is -2.36. The first kappa shape index (κ1) is 15.1. The number of rotatable bonds is 5. The number of amides is 1. The summed E-state index contributed by atoms with van der Waals surface area (Å²) in [6.45, 7) is 0.268. The molecule has 1 fully saturated rings. The second kappa shape index (κ2) is 6.02. The Labute approximate surface area is 127 Å². The van der Waals surface area contributed by atoms with Gasteiger partial charge in [0.15, 0.2) is 0 Å². The largest absolute Gasteiger partial charge is 0.481 e. The lowest BCUT2D eigenvalue weighted by Crippen LogP contribution is -2.42. The molecule has 2 rings (SSSR count). The van der Waals surface area contributed by atoms with E-state index in [2.05, 4.69) is 5.32 Å². The molecule has 1 aromatic carbocycles. The zero-order chi connectivity index (χ0) is 14.8. The standard InChI is InChI=1S/C14H15Cl2NO3/c15-10-3-2-9(11(16)6-10)8-17-12(18)7-14(13(19)20)4-1-5-14/h2-3,6H,1,4-5,7-8H2,(H,17,18)(H,19,20). The summed E-state index contributed by atoms with van der Waals surface area (Å²) in [5, 5.41) is 12.9. The molecule has 1 aromatic rings. The predicted molar refractivity (Wildman–Crippen MR) is 76.8 cm³/mol. The average molecular weight is 316 g/mol. The Morgan fingerprint density at radius 3 is 2.50 bits per heavy atom. The SMILES string of the molecule is O=C(CC1(C(=O)O)CCC1)NCc1ccc(Cl)cc1Cl. The van der Waals surface area contributed by atoms with E-state index in [9.17, 15) is 14.7 Å². The molecule has 1 saturated carbocycles. The first-order valence-corrected chi connectivity index (χ1v) is 7.13. The molecule has 1 amide bonds. The summed E-state index contributed by atoms with van der Waals surface area (Å²) in [4.78, 5) is 23.1. The Bertz CT molecular complexity index is 541. The second-order valence-corrected chi connectivity index (χ2v) is 5.97. The van der Waals surface area contributed by atoms with Crippen molar-refractivity contribution >= 4 is 35.1 Å². The van der Waals surface area contributed by atoms with Crippen molar-refractivity contribution in [2.45, 2.75) is 32.2 Å². The lowest BCUT2D eigenvalue weighted by molar-refractivity contribution is -0.157. The average Bonchev–Trinajstić information content (AvgIpc) is 2.32. The zero-order valence-electron chi connectivity index (χ0n) is 10.8. The quantitative estimate of drug-likeness (QED) is 0.876. The molecular formula is C14H15Cl2NO3. The lowest BCUT2D eigenvalue weighted by atomic mass is 9.66. The second-order valence-electron chi connectivity index (χ2n) is 5.13. The van der Waals surface area contributed by atoms with E-state index < -0.39 is 11.4 Å². The van der Waals surface area contributed by atoms with E-state index >= 15 is 0 Å². The summed E-state index contributed by atoms with van der Waals surface area (Å²) in [5.74, 6) is -1.15. The summed E-state index contributed by atoms with van der Waals surface area (Å²) in [6.07, 6.45) is 2.02. The molecule has 0 heterocycles. The van der Waals surface area contributed by atoms with Crippen LogP contribution in [0, 0.1) is 5.41 Å². The molecule has 0 bridgehead atoms. The van der Waals surface area contributed by atoms with Crippen LogP contribution in [0.3, 0.4) is 0 Å². The van der Waals surface area contributed by atoms with Gasteiger partial charge >= 0.3 is 5.97 Å². The fraction of sp³-hybridized carbons (Fsp3) is 0.429. The number of nitrogens with one attached hydrogen (secondary N) is 1. The molecule has 0 aromatic heterocycles. The van der Waals surface area contributed by atoms with Crippen LogP contribution in [-0.2, 0) is 16.1 Å². The van der Waals surface area contributed by atoms with Crippen LogP contribution in [0.2, 0.25) is 10.0 Å². The maximum absolute atomic E-state index is 11.9. The number of carbonyl (C=O) groups excluding carboxylic acids is 1. The Kier molecular flexibility index (Phi) is 4.55. The minimum absolute atomic E-state index is 0.0214. The molecule has 0 spiro atoms. The third kappa shape index (κ3) is 3.25. The highest BCUT2D eigenvalue weighted by Gasteiger charge is 2.45. The number of benzene rings is 1. The molecule has 0 unspecified atom stereocenters. The summed E-state index contributed by atoms with van der Waals surface area (Å²) in [5.41, 5.74) is -0.115. The molecule has 6 heteroatoms. The van der Waals surface area contributed by atoms with Crippen LogP contribution in [0.15, 0.2) is 18.2 Å². The summed E-state index contributed by atoms with van der Waals surface area (Å²) in [6, 6.07) is 5.04. The number of halogens is 2. The highest BCUT2D eigenvalue weighted by molar-refractivity contribution is 6.35. The molecule has 0 aliphatic heterocycles. The number of carboxylic acid groups (broad SMARTS) is 1. The highest BCUT2D eigenvalue weighted by atomic mass is 35.5. The van der Waals surface area contributed by atoms with Crippen LogP contribution < -0.4 is 5.32 Å². The Morgan fingerprint density at radius 2 is 2.00 bits per heavy atom. The molecule has 1 aliphatic rings. The van der Waals surface area contributed by atoms with Gasteiger partial charge in [-0.15, -0.1) is 0 Å². The van der Waals surface area contributed by atoms with E-state index in [-0.39, 0.29) is 18.9 Å². The van der Waals surface area contributed by atoms with Crippen LogP contribution in [0.1, 0.15) is 31.2 Å². The van der Waals surface area contributed by atoms with Crippen molar-refractivity contribution in [2.75, 3.05) is 0 Å². The molecule has 1 aliphatic carbocycles. The van der Waals surface area contributed by atoms with Crippen molar-refractivity contribution in [2.24, 2.45) is 5.41 Å². The van der Waals surface area contributed by atoms with Gasteiger partial charge in [0, 0.05) is 23.0 Å².